The van der Waals surface area contributed by atoms with E-state index in [0.29, 0.717) is 11.3 Å². The summed E-state index contributed by atoms with van der Waals surface area (Å²) >= 11 is 0. The number of aromatic nitrogens is 1. The normalized spacial score (nSPS) is 10.5. The minimum atomic E-state index is -0.672. The molecule has 0 amide bonds. The van der Waals surface area contributed by atoms with Crippen LogP contribution in [-0.2, 0) is 11.3 Å². The molecule has 2 rings (SSSR count). The highest BCUT2D eigenvalue weighted by atomic mass is 19.1. The fourth-order valence-corrected chi connectivity index (χ4v) is 1.84. The van der Waals surface area contributed by atoms with Gasteiger partial charge in [0.15, 0.2) is 0 Å². The van der Waals surface area contributed by atoms with Gasteiger partial charge in [-0.2, -0.15) is 0 Å². The molecule has 0 fully saturated rings. The van der Waals surface area contributed by atoms with E-state index in [1.807, 2.05) is 0 Å². The summed E-state index contributed by atoms with van der Waals surface area (Å²) in [5, 5.41) is 0. The van der Waals surface area contributed by atoms with Crippen molar-refractivity contribution in [2.24, 2.45) is 0 Å². The number of halogens is 2. The van der Waals surface area contributed by atoms with Gasteiger partial charge in [-0.05, 0) is 23.8 Å². The topological polar surface area (TPSA) is 57.2 Å². The number of rotatable bonds is 3. The molecule has 6 heteroatoms. The first-order valence-electron chi connectivity index (χ1n) is 5.48. The van der Waals surface area contributed by atoms with Crippen molar-refractivity contribution in [1.82, 2.24) is 4.57 Å². The molecule has 0 aliphatic carbocycles. The Labute approximate surface area is 108 Å². The second-order valence-electron chi connectivity index (χ2n) is 4.06. The van der Waals surface area contributed by atoms with E-state index in [2.05, 4.69) is 4.74 Å². The van der Waals surface area contributed by atoms with Crippen LogP contribution in [0.2, 0.25) is 0 Å². The van der Waals surface area contributed by atoms with E-state index in [0.717, 1.165) is 6.07 Å². The molecule has 1 aromatic carbocycles. The lowest BCUT2D eigenvalue weighted by atomic mass is 10.2. The van der Waals surface area contributed by atoms with E-state index >= 15 is 0 Å². The number of carbonyl (C=O) groups excluding carboxylic acids is 1. The molecule has 0 bridgehead atoms. The maximum absolute atomic E-state index is 13.1. The van der Waals surface area contributed by atoms with Crippen molar-refractivity contribution in [2.45, 2.75) is 6.54 Å². The van der Waals surface area contributed by atoms with Crippen LogP contribution < -0.4 is 5.73 Å². The Morgan fingerprint density at radius 2 is 1.89 bits per heavy atom. The molecule has 0 saturated heterocycles. The van der Waals surface area contributed by atoms with E-state index in [-0.39, 0.29) is 12.2 Å². The van der Waals surface area contributed by atoms with Crippen molar-refractivity contribution in [3.63, 3.8) is 0 Å². The van der Waals surface area contributed by atoms with E-state index in [1.54, 1.807) is 0 Å². The molecule has 1 heterocycles. The van der Waals surface area contributed by atoms with Gasteiger partial charge in [-0.25, -0.2) is 13.6 Å². The molecule has 0 aliphatic heterocycles. The molecule has 2 N–H and O–H groups in total. The van der Waals surface area contributed by atoms with Gasteiger partial charge in [0.2, 0.25) is 0 Å². The van der Waals surface area contributed by atoms with Gasteiger partial charge in [0, 0.05) is 18.8 Å². The van der Waals surface area contributed by atoms with Gasteiger partial charge in [0.1, 0.15) is 17.3 Å². The Balaban J connectivity index is 2.35. The second kappa shape index (κ2) is 5.09. The minimum Gasteiger partial charge on any atom is -0.464 e. The maximum Gasteiger partial charge on any atom is 0.354 e. The number of ether oxygens (including phenoxy) is 1. The van der Waals surface area contributed by atoms with Crippen LogP contribution in [0.15, 0.2) is 30.5 Å². The first-order chi connectivity index (χ1) is 8.99. The first-order valence-corrected chi connectivity index (χ1v) is 5.48. The van der Waals surface area contributed by atoms with Crippen LogP contribution in [-0.4, -0.2) is 17.6 Å². The highest BCUT2D eigenvalue weighted by molar-refractivity contribution is 5.89. The van der Waals surface area contributed by atoms with Crippen molar-refractivity contribution in [2.75, 3.05) is 12.8 Å². The fourth-order valence-electron chi connectivity index (χ4n) is 1.84. The molecule has 19 heavy (non-hydrogen) atoms. The number of nitrogen functional groups attached to an aromatic ring is 1. The van der Waals surface area contributed by atoms with Gasteiger partial charge in [-0.3, -0.25) is 0 Å². The third kappa shape index (κ3) is 2.90. The maximum atomic E-state index is 13.1. The lowest BCUT2D eigenvalue weighted by Gasteiger charge is -2.08. The number of nitrogens with two attached hydrogens (primary N) is 1. The van der Waals surface area contributed by atoms with Crippen molar-refractivity contribution in [3.8, 4) is 0 Å². The van der Waals surface area contributed by atoms with E-state index in [4.69, 9.17) is 5.73 Å². The SMILES string of the molecule is COC(=O)c1cc(N)cn1Cc1cc(F)cc(F)c1. The van der Waals surface area contributed by atoms with Crippen molar-refractivity contribution in [1.29, 1.82) is 0 Å². The van der Waals surface area contributed by atoms with Crippen molar-refractivity contribution >= 4 is 11.7 Å². The molecule has 0 radical (unpaired) electrons. The molecular weight excluding hydrogens is 254 g/mol. The van der Waals surface area contributed by atoms with Crippen LogP contribution in [0.5, 0.6) is 0 Å². The lowest BCUT2D eigenvalue weighted by molar-refractivity contribution is 0.0589. The summed E-state index contributed by atoms with van der Waals surface area (Å²) in [5.41, 5.74) is 6.59. The summed E-state index contributed by atoms with van der Waals surface area (Å²) in [7, 11) is 1.25. The third-order valence-electron chi connectivity index (χ3n) is 2.59. The number of anilines is 1. The van der Waals surface area contributed by atoms with Gasteiger partial charge < -0.3 is 15.0 Å². The van der Waals surface area contributed by atoms with Crippen LogP contribution in [0, 0.1) is 11.6 Å². The summed E-state index contributed by atoms with van der Waals surface area (Å²) in [6, 6.07) is 4.62. The van der Waals surface area contributed by atoms with E-state index < -0.39 is 17.6 Å². The minimum absolute atomic E-state index is 0.121. The molecule has 4 nitrogen and oxygen atoms in total. The average molecular weight is 266 g/mol. The molecule has 0 atom stereocenters. The van der Waals surface area contributed by atoms with Gasteiger partial charge in [0.05, 0.1) is 12.8 Å². The summed E-state index contributed by atoms with van der Waals surface area (Å²) < 4.78 is 32.3. The number of hydrogen-bond donors (Lipinski definition) is 1. The summed E-state index contributed by atoms with van der Waals surface area (Å²) in [5.74, 6) is -1.90. The van der Waals surface area contributed by atoms with E-state index in [9.17, 15) is 13.6 Å². The first kappa shape index (κ1) is 13.1. The van der Waals surface area contributed by atoms with Gasteiger partial charge in [-0.1, -0.05) is 0 Å². The molecule has 0 aliphatic rings. The zero-order chi connectivity index (χ0) is 14.0. The smallest absolute Gasteiger partial charge is 0.354 e. The number of hydrogen-bond acceptors (Lipinski definition) is 3. The monoisotopic (exact) mass is 266 g/mol. The Kier molecular flexibility index (Phi) is 3.50. The summed E-state index contributed by atoms with van der Waals surface area (Å²) in [6.45, 7) is 0.121. The third-order valence-corrected chi connectivity index (χ3v) is 2.59. The molecule has 1 aromatic heterocycles. The number of methoxy groups -OCH3 is 1. The average Bonchev–Trinajstić information content (AvgIpc) is 2.68. The lowest BCUT2D eigenvalue weighted by Crippen LogP contribution is -2.10. The summed E-state index contributed by atoms with van der Waals surface area (Å²) in [6.07, 6.45) is 1.51. The zero-order valence-electron chi connectivity index (χ0n) is 10.2. The Hall–Kier alpha value is -2.37. The van der Waals surface area contributed by atoms with Crippen molar-refractivity contribution in [3.05, 3.63) is 53.4 Å². The van der Waals surface area contributed by atoms with Crippen LogP contribution in [0.4, 0.5) is 14.5 Å². The standard InChI is InChI=1S/C13H12F2N2O2/c1-19-13(18)12-5-11(16)7-17(12)6-8-2-9(14)4-10(15)3-8/h2-5,7H,6,16H2,1H3. The molecule has 0 saturated carbocycles. The van der Waals surface area contributed by atoms with Gasteiger partial charge >= 0.3 is 5.97 Å². The molecule has 2 aromatic rings. The summed E-state index contributed by atoms with van der Waals surface area (Å²) in [4.78, 5) is 11.5. The predicted octanol–water partition coefficient (Wildman–Crippen LogP) is 2.18. The number of nitrogens with zero attached hydrogens (tertiary/aromatic N) is 1. The van der Waals surface area contributed by atoms with Crippen LogP contribution >= 0.6 is 0 Å². The number of esters is 1. The van der Waals surface area contributed by atoms with Crippen LogP contribution in [0.25, 0.3) is 0 Å². The Morgan fingerprint density at radius 3 is 2.47 bits per heavy atom. The molecule has 0 unspecified atom stereocenters. The molecular formula is C13H12F2N2O2. The van der Waals surface area contributed by atoms with Crippen molar-refractivity contribution < 1.29 is 18.3 Å². The fraction of sp³-hybridized carbons (Fsp3) is 0.154. The largest absolute Gasteiger partial charge is 0.464 e. The van der Waals surface area contributed by atoms with Crippen LogP contribution in [0.1, 0.15) is 16.1 Å². The number of carbonyl (C=O) groups is 1. The van der Waals surface area contributed by atoms with Gasteiger partial charge in [0.25, 0.3) is 0 Å². The zero-order valence-corrected chi connectivity index (χ0v) is 10.2. The quantitative estimate of drug-likeness (QED) is 0.866. The Morgan fingerprint density at radius 1 is 1.26 bits per heavy atom. The highest BCUT2D eigenvalue weighted by Gasteiger charge is 2.14. The highest BCUT2D eigenvalue weighted by Crippen LogP contribution is 2.16. The van der Waals surface area contributed by atoms with Gasteiger partial charge in [-0.15, -0.1) is 0 Å². The molecule has 100 valence electrons. The molecule has 0 spiro atoms. The Bertz CT molecular complexity index is 603. The second-order valence-corrected chi connectivity index (χ2v) is 4.06. The predicted molar refractivity (Wildman–Crippen MR) is 65.6 cm³/mol. The van der Waals surface area contributed by atoms with Crippen LogP contribution in [0.3, 0.4) is 0 Å². The number of benzene rings is 1. The van der Waals surface area contributed by atoms with E-state index in [1.165, 1.54) is 36.1 Å².